The number of aliphatic carboxylic acids is 2. The molecule has 0 aromatic heterocycles. The second-order valence-corrected chi connectivity index (χ2v) is 9.26. The van der Waals surface area contributed by atoms with Crippen molar-refractivity contribution in [3.63, 3.8) is 0 Å². The van der Waals surface area contributed by atoms with Gasteiger partial charge in [-0.3, -0.25) is 33.9 Å². The SMILES string of the molecule is O=C(O)CN1CCN(CC(=O)O)CCN(Cc2ccc(CC(=O)NCCN3C(=O)C=CC3O)cc2)CC1. The normalized spacial score (nSPS) is 19.9. The Morgan fingerprint density at radius 2 is 1.35 bits per heavy atom. The van der Waals surface area contributed by atoms with Gasteiger partial charge < -0.3 is 25.5 Å². The van der Waals surface area contributed by atoms with E-state index in [0.29, 0.717) is 45.8 Å². The van der Waals surface area contributed by atoms with Gasteiger partial charge in [0.2, 0.25) is 11.8 Å². The van der Waals surface area contributed by atoms with Gasteiger partial charge in [-0.2, -0.15) is 0 Å². The maximum atomic E-state index is 12.3. The van der Waals surface area contributed by atoms with Crippen LogP contribution in [0.1, 0.15) is 11.1 Å². The minimum atomic E-state index is -0.949. The molecule has 0 spiro atoms. The molecular formula is C25H35N5O7. The van der Waals surface area contributed by atoms with E-state index >= 15 is 0 Å². The molecule has 1 unspecified atom stereocenters. The second kappa shape index (κ2) is 13.8. The van der Waals surface area contributed by atoms with Gasteiger partial charge in [-0.05, 0) is 17.2 Å². The van der Waals surface area contributed by atoms with E-state index < -0.39 is 18.2 Å². The number of benzene rings is 1. The Balaban J connectivity index is 1.49. The van der Waals surface area contributed by atoms with E-state index in [2.05, 4.69) is 10.2 Å². The van der Waals surface area contributed by atoms with Gasteiger partial charge >= 0.3 is 11.9 Å². The lowest BCUT2D eigenvalue weighted by atomic mass is 10.1. The Morgan fingerprint density at radius 3 is 1.84 bits per heavy atom. The van der Waals surface area contributed by atoms with Crippen LogP contribution in [0.4, 0.5) is 0 Å². The molecule has 1 aromatic rings. The van der Waals surface area contributed by atoms with Crippen molar-refractivity contribution in [2.45, 2.75) is 19.2 Å². The Hall–Kier alpha value is -3.32. The third-order valence-corrected chi connectivity index (χ3v) is 6.40. The first-order chi connectivity index (χ1) is 17.7. The van der Waals surface area contributed by atoms with Crippen LogP contribution in [0, 0.1) is 0 Å². The molecule has 0 aliphatic carbocycles. The first-order valence-corrected chi connectivity index (χ1v) is 12.3. The third-order valence-electron chi connectivity index (χ3n) is 6.40. The maximum Gasteiger partial charge on any atom is 0.317 e. The summed E-state index contributed by atoms with van der Waals surface area (Å²) in [7, 11) is 0. The average molecular weight is 518 g/mol. The highest BCUT2D eigenvalue weighted by atomic mass is 16.4. The minimum absolute atomic E-state index is 0.0860. The number of carboxylic acids is 2. The predicted molar refractivity (Wildman–Crippen MR) is 133 cm³/mol. The quantitative estimate of drug-likeness (QED) is 0.277. The molecular weight excluding hydrogens is 482 g/mol. The fourth-order valence-corrected chi connectivity index (χ4v) is 4.37. The summed E-state index contributed by atoms with van der Waals surface area (Å²) in [5.41, 5.74) is 1.87. The van der Waals surface area contributed by atoms with Gasteiger partial charge in [0.25, 0.3) is 0 Å². The molecule has 3 rings (SSSR count). The van der Waals surface area contributed by atoms with Crippen LogP contribution >= 0.6 is 0 Å². The fourth-order valence-electron chi connectivity index (χ4n) is 4.37. The number of rotatable bonds is 11. The molecule has 2 amide bonds. The number of nitrogens with one attached hydrogen (secondary N) is 1. The number of amides is 2. The summed E-state index contributed by atoms with van der Waals surface area (Å²) in [4.78, 5) is 53.4. The molecule has 37 heavy (non-hydrogen) atoms. The van der Waals surface area contributed by atoms with Crippen molar-refractivity contribution in [3.05, 3.63) is 47.5 Å². The molecule has 12 nitrogen and oxygen atoms in total. The first-order valence-electron chi connectivity index (χ1n) is 12.3. The van der Waals surface area contributed by atoms with Crippen molar-refractivity contribution >= 4 is 23.8 Å². The van der Waals surface area contributed by atoms with Gasteiger partial charge in [0.15, 0.2) is 0 Å². The van der Waals surface area contributed by atoms with Crippen molar-refractivity contribution in [2.75, 3.05) is 65.4 Å². The van der Waals surface area contributed by atoms with Crippen molar-refractivity contribution in [2.24, 2.45) is 0 Å². The predicted octanol–water partition coefficient (Wildman–Crippen LogP) is -1.35. The molecule has 12 heteroatoms. The highest BCUT2D eigenvalue weighted by Gasteiger charge is 2.23. The Kier molecular flexibility index (Phi) is 10.6. The number of hydrogen-bond donors (Lipinski definition) is 4. The molecule has 202 valence electrons. The zero-order valence-electron chi connectivity index (χ0n) is 20.8. The minimum Gasteiger partial charge on any atom is -0.480 e. The molecule has 0 bridgehead atoms. The summed E-state index contributed by atoms with van der Waals surface area (Å²) in [6.45, 7) is 4.36. The lowest BCUT2D eigenvalue weighted by Crippen LogP contribution is -2.40. The van der Waals surface area contributed by atoms with Crippen LogP contribution in [0.2, 0.25) is 0 Å². The van der Waals surface area contributed by atoms with Crippen LogP contribution < -0.4 is 5.32 Å². The zero-order valence-corrected chi connectivity index (χ0v) is 20.8. The maximum absolute atomic E-state index is 12.3. The van der Waals surface area contributed by atoms with Gasteiger partial charge in [0.1, 0.15) is 6.23 Å². The number of aliphatic hydroxyl groups excluding tert-OH is 1. The van der Waals surface area contributed by atoms with Crippen LogP contribution in [0.3, 0.4) is 0 Å². The average Bonchev–Trinajstić information content (AvgIpc) is 3.19. The topological polar surface area (TPSA) is 154 Å². The summed E-state index contributed by atoms with van der Waals surface area (Å²) in [5.74, 6) is -2.28. The number of aliphatic hydroxyl groups is 1. The van der Waals surface area contributed by atoms with Crippen molar-refractivity contribution in [1.29, 1.82) is 0 Å². The fraction of sp³-hybridized carbons (Fsp3) is 0.520. The van der Waals surface area contributed by atoms with Crippen LogP contribution in [-0.4, -0.2) is 130 Å². The molecule has 0 radical (unpaired) electrons. The smallest absolute Gasteiger partial charge is 0.317 e. The summed E-state index contributed by atoms with van der Waals surface area (Å²) >= 11 is 0. The Morgan fingerprint density at radius 1 is 0.838 bits per heavy atom. The third kappa shape index (κ3) is 9.57. The highest BCUT2D eigenvalue weighted by molar-refractivity contribution is 5.90. The molecule has 1 atom stereocenters. The molecule has 0 saturated carbocycles. The van der Waals surface area contributed by atoms with Crippen molar-refractivity contribution in [1.82, 2.24) is 24.9 Å². The Bertz CT molecular complexity index is 956. The van der Waals surface area contributed by atoms with Gasteiger partial charge in [0.05, 0.1) is 19.5 Å². The molecule has 2 aliphatic rings. The van der Waals surface area contributed by atoms with Crippen molar-refractivity contribution < 1.29 is 34.5 Å². The van der Waals surface area contributed by atoms with E-state index in [4.69, 9.17) is 0 Å². The van der Waals surface area contributed by atoms with Gasteiger partial charge in [-0.15, -0.1) is 0 Å². The molecule has 1 aromatic carbocycles. The van der Waals surface area contributed by atoms with Crippen molar-refractivity contribution in [3.8, 4) is 0 Å². The van der Waals surface area contributed by atoms with Crippen LogP contribution in [0.15, 0.2) is 36.4 Å². The number of carboxylic acid groups (broad SMARTS) is 2. The van der Waals surface area contributed by atoms with E-state index in [1.807, 2.05) is 34.1 Å². The highest BCUT2D eigenvalue weighted by Crippen LogP contribution is 2.11. The monoisotopic (exact) mass is 517 g/mol. The summed E-state index contributed by atoms with van der Waals surface area (Å²) in [6, 6.07) is 7.67. The summed E-state index contributed by atoms with van der Waals surface area (Å²) in [6.07, 6.45) is 1.95. The molecule has 1 fully saturated rings. The van der Waals surface area contributed by atoms with E-state index in [9.17, 15) is 34.5 Å². The Labute approximate surface area is 215 Å². The van der Waals surface area contributed by atoms with Gasteiger partial charge in [-0.25, -0.2) is 0 Å². The summed E-state index contributed by atoms with van der Waals surface area (Å²) in [5, 5.41) is 30.8. The van der Waals surface area contributed by atoms with E-state index in [1.165, 1.54) is 17.1 Å². The second-order valence-electron chi connectivity index (χ2n) is 9.26. The number of hydrogen-bond acceptors (Lipinski definition) is 8. The lowest BCUT2D eigenvalue weighted by molar-refractivity contribution is -0.140. The largest absolute Gasteiger partial charge is 0.480 e. The lowest BCUT2D eigenvalue weighted by Gasteiger charge is -2.25. The van der Waals surface area contributed by atoms with E-state index in [1.54, 1.807) is 0 Å². The van der Waals surface area contributed by atoms with Crippen LogP contribution in [0.5, 0.6) is 0 Å². The van der Waals surface area contributed by atoms with Crippen LogP contribution in [0.25, 0.3) is 0 Å². The molecule has 4 N–H and O–H groups in total. The zero-order chi connectivity index (χ0) is 26.8. The molecule has 1 saturated heterocycles. The first kappa shape index (κ1) is 28.3. The standard InChI is InChI=1S/C25H35N5O7/c31-21(26-7-8-30-22(32)5-6-23(30)33)15-19-1-3-20(4-2-19)16-27-9-11-28(17-24(34)35)13-14-29(12-10-27)18-25(36)37/h1-6,22,32H,7-18H2,(H,26,31)(H,34,35)(H,36,37). The number of carbonyl (C=O) groups excluding carboxylic acids is 2. The molecule has 2 aliphatic heterocycles. The van der Waals surface area contributed by atoms with Gasteiger partial charge in [-0.1, -0.05) is 24.3 Å². The van der Waals surface area contributed by atoms with E-state index in [0.717, 1.165) is 11.1 Å². The summed E-state index contributed by atoms with van der Waals surface area (Å²) < 4.78 is 0. The molecule has 2 heterocycles. The number of nitrogens with zero attached hydrogens (tertiary/aromatic N) is 4. The van der Waals surface area contributed by atoms with Gasteiger partial charge in [0, 0.05) is 65.0 Å². The van der Waals surface area contributed by atoms with Crippen LogP contribution in [-0.2, 0) is 32.1 Å². The number of carbonyl (C=O) groups is 4. The van der Waals surface area contributed by atoms with E-state index in [-0.39, 0.29) is 44.4 Å².